The lowest BCUT2D eigenvalue weighted by molar-refractivity contribution is 0.301. The fourth-order valence-electron chi connectivity index (χ4n) is 4.42. The van der Waals surface area contributed by atoms with Crippen molar-refractivity contribution in [3.8, 4) is 0 Å². The highest BCUT2D eigenvalue weighted by molar-refractivity contribution is 6.52. The molecule has 0 saturated heterocycles. The molecule has 15 heavy (non-hydrogen) atoms. The highest BCUT2D eigenvalue weighted by Gasteiger charge is 2.87. The Morgan fingerprint density at radius 3 is 1.73 bits per heavy atom. The molecule has 0 aromatic carbocycles. The van der Waals surface area contributed by atoms with Gasteiger partial charge in [-0.3, -0.25) is 0 Å². The van der Waals surface area contributed by atoms with Gasteiger partial charge in [0.05, 0.1) is 0 Å². The van der Waals surface area contributed by atoms with Gasteiger partial charge in [-0.05, 0) is 25.7 Å². The minimum Gasteiger partial charge on any atom is -0.123 e. The third-order valence-corrected chi connectivity index (χ3v) is 6.91. The third kappa shape index (κ3) is 1.12. The standard InChI is InChI=1S/C12H17Cl3/c13-9-7-10-5-3-1-2-4-6-11(10,8-9)12(10,14)15/h9H,1-8H2/t10-,11-/m0/s1. The van der Waals surface area contributed by atoms with Crippen molar-refractivity contribution in [1.82, 2.24) is 0 Å². The van der Waals surface area contributed by atoms with Crippen LogP contribution in [0.1, 0.15) is 51.4 Å². The zero-order valence-corrected chi connectivity index (χ0v) is 11.1. The summed E-state index contributed by atoms with van der Waals surface area (Å²) in [5.74, 6) is 0. The van der Waals surface area contributed by atoms with Gasteiger partial charge in [0.2, 0.25) is 0 Å². The first-order valence-corrected chi connectivity index (χ1v) is 7.27. The average Bonchev–Trinajstić information content (AvgIpc) is 2.41. The summed E-state index contributed by atoms with van der Waals surface area (Å²) in [6.45, 7) is 0. The van der Waals surface area contributed by atoms with Gasteiger partial charge in [0.15, 0.2) is 0 Å². The van der Waals surface area contributed by atoms with E-state index in [4.69, 9.17) is 34.8 Å². The van der Waals surface area contributed by atoms with Crippen LogP contribution in [0.5, 0.6) is 0 Å². The Morgan fingerprint density at radius 1 is 0.800 bits per heavy atom. The number of halogens is 3. The molecule has 3 aliphatic rings. The van der Waals surface area contributed by atoms with Crippen molar-refractivity contribution in [3.05, 3.63) is 0 Å². The van der Waals surface area contributed by atoms with Crippen LogP contribution < -0.4 is 0 Å². The maximum atomic E-state index is 6.58. The minimum atomic E-state index is -0.463. The van der Waals surface area contributed by atoms with Crippen LogP contribution in [0.15, 0.2) is 0 Å². The summed E-state index contributed by atoms with van der Waals surface area (Å²) < 4.78 is -0.463. The molecular weight excluding hydrogens is 250 g/mol. The van der Waals surface area contributed by atoms with E-state index in [2.05, 4.69) is 0 Å². The van der Waals surface area contributed by atoms with Crippen LogP contribution in [0, 0.1) is 10.8 Å². The Kier molecular flexibility index (Phi) is 2.35. The molecule has 3 heteroatoms. The molecular formula is C12H17Cl3. The Labute approximate surface area is 107 Å². The summed E-state index contributed by atoms with van der Waals surface area (Å²) in [6.07, 6.45) is 9.73. The van der Waals surface area contributed by atoms with Crippen molar-refractivity contribution in [2.75, 3.05) is 0 Å². The van der Waals surface area contributed by atoms with Crippen molar-refractivity contribution in [2.45, 2.75) is 61.1 Å². The number of hydrogen-bond acceptors (Lipinski definition) is 0. The fraction of sp³-hybridized carbons (Fsp3) is 1.00. The molecule has 0 bridgehead atoms. The van der Waals surface area contributed by atoms with Gasteiger partial charge in [0.1, 0.15) is 4.33 Å². The SMILES string of the molecule is ClC1C[C@@]23CCCCCC[C@@]2(C1)C3(Cl)Cl. The van der Waals surface area contributed by atoms with E-state index in [1.807, 2.05) is 0 Å². The first kappa shape index (κ1) is 11.0. The second kappa shape index (κ2) is 3.21. The maximum Gasteiger partial charge on any atom is 0.130 e. The van der Waals surface area contributed by atoms with Crippen LogP contribution in [0.25, 0.3) is 0 Å². The van der Waals surface area contributed by atoms with Crippen molar-refractivity contribution in [3.63, 3.8) is 0 Å². The van der Waals surface area contributed by atoms with E-state index < -0.39 is 4.33 Å². The van der Waals surface area contributed by atoms with Crippen LogP contribution in [-0.4, -0.2) is 9.71 Å². The van der Waals surface area contributed by atoms with Gasteiger partial charge in [-0.2, -0.15) is 0 Å². The molecule has 0 aromatic heterocycles. The van der Waals surface area contributed by atoms with Crippen LogP contribution in [0.3, 0.4) is 0 Å². The first-order valence-electron chi connectivity index (χ1n) is 6.08. The molecule has 0 radical (unpaired) electrons. The summed E-state index contributed by atoms with van der Waals surface area (Å²) in [5, 5.41) is 0.314. The monoisotopic (exact) mass is 266 g/mol. The topological polar surface area (TPSA) is 0 Å². The second-order valence-electron chi connectivity index (χ2n) is 5.66. The molecule has 0 unspecified atom stereocenters. The molecule has 0 N–H and O–H groups in total. The lowest BCUT2D eigenvalue weighted by Gasteiger charge is -2.19. The molecule has 3 rings (SSSR count). The van der Waals surface area contributed by atoms with Gasteiger partial charge >= 0.3 is 0 Å². The predicted octanol–water partition coefficient (Wildman–Crippen LogP) is 4.90. The van der Waals surface area contributed by atoms with E-state index in [1.165, 1.54) is 38.5 Å². The van der Waals surface area contributed by atoms with Gasteiger partial charge in [-0.25, -0.2) is 0 Å². The summed E-state index contributed by atoms with van der Waals surface area (Å²) >= 11 is 19.5. The lowest BCUT2D eigenvalue weighted by atomic mass is 9.84. The summed E-state index contributed by atoms with van der Waals surface area (Å²) in [7, 11) is 0. The number of hydrogen-bond donors (Lipinski definition) is 0. The Hall–Kier alpha value is 0.870. The van der Waals surface area contributed by atoms with E-state index >= 15 is 0 Å². The largest absolute Gasteiger partial charge is 0.130 e. The van der Waals surface area contributed by atoms with Crippen molar-refractivity contribution >= 4 is 34.8 Å². The van der Waals surface area contributed by atoms with Crippen molar-refractivity contribution in [1.29, 1.82) is 0 Å². The number of rotatable bonds is 0. The minimum absolute atomic E-state index is 0.177. The molecule has 3 aliphatic carbocycles. The summed E-state index contributed by atoms with van der Waals surface area (Å²) in [4.78, 5) is 0. The normalized spacial score (nSPS) is 49.0. The molecule has 2 atom stereocenters. The van der Waals surface area contributed by atoms with E-state index in [0.29, 0.717) is 5.38 Å². The Morgan fingerprint density at radius 2 is 1.27 bits per heavy atom. The maximum absolute atomic E-state index is 6.58. The van der Waals surface area contributed by atoms with Crippen LogP contribution in [0.4, 0.5) is 0 Å². The molecule has 3 saturated carbocycles. The van der Waals surface area contributed by atoms with E-state index in [-0.39, 0.29) is 10.8 Å². The van der Waals surface area contributed by atoms with Crippen molar-refractivity contribution < 1.29 is 0 Å². The summed E-state index contributed by atoms with van der Waals surface area (Å²) in [5.41, 5.74) is 0.353. The van der Waals surface area contributed by atoms with Crippen LogP contribution in [-0.2, 0) is 0 Å². The van der Waals surface area contributed by atoms with Gasteiger partial charge in [-0.1, -0.05) is 25.7 Å². The second-order valence-corrected chi connectivity index (χ2v) is 7.60. The molecule has 0 spiro atoms. The fourth-order valence-corrected chi connectivity index (χ4v) is 6.26. The molecule has 0 aliphatic heterocycles. The zero-order chi connectivity index (χ0) is 10.7. The summed E-state index contributed by atoms with van der Waals surface area (Å²) in [6, 6.07) is 0. The zero-order valence-electron chi connectivity index (χ0n) is 8.87. The van der Waals surface area contributed by atoms with E-state index in [1.54, 1.807) is 0 Å². The highest BCUT2D eigenvalue weighted by atomic mass is 35.5. The van der Waals surface area contributed by atoms with Gasteiger partial charge in [0.25, 0.3) is 0 Å². The van der Waals surface area contributed by atoms with Crippen LogP contribution in [0.2, 0.25) is 0 Å². The van der Waals surface area contributed by atoms with E-state index in [9.17, 15) is 0 Å². The predicted molar refractivity (Wildman–Crippen MR) is 65.9 cm³/mol. The molecule has 0 aromatic rings. The highest BCUT2D eigenvalue weighted by Crippen LogP contribution is 2.88. The first-order chi connectivity index (χ1) is 7.06. The molecule has 86 valence electrons. The van der Waals surface area contributed by atoms with E-state index in [0.717, 1.165) is 12.8 Å². The molecule has 0 nitrogen and oxygen atoms in total. The molecule has 0 amide bonds. The van der Waals surface area contributed by atoms with Gasteiger partial charge < -0.3 is 0 Å². The molecule has 3 fully saturated rings. The Balaban J connectivity index is 1.95. The quantitative estimate of drug-likeness (QED) is 0.548. The van der Waals surface area contributed by atoms with Gasteiger partial charge in [0, 0.05) is 16.2 Å². The molecule has 0 heterocycles. The lowest BCUT2D eigenvalue weighted by Crippen LogP contribution is -2.15. The average molecular weight is 268 g/mol. The van der Waals surface area contributed by atoms with Gasteiger partial charge in [-0.15, -0.1) is 34.8 Å². The smallest absolute Gasteiger partial charge is 0.123 e. The number of alkyl halides is 3. The van der Waals surface area contributed by atoms with Crippen LogP contribution >= 0.6 is 34.8 Å². The van der Waals surface area contributed by atoms with Crippen molar-refractivity contribution in [2.24, 2.45) is 10.8 Å². The Bertz CT molecular complexity index is 263. The third-order valence-electron chi connectivity index (χ3n) is 5.15.